The van der Waals surface area contributed by atoms with Gasteiger partial charge < -0.3 is 24.6 Å². The number of allylic oxidation sites excluding steroid dienone is 1. The molecule has 1 aromatic heterocycles. The molecular weight excluding hydrogens is 446 g/mol. The Labute approximate surface area is 204 Å². The third kappa shape index (κ3) is 4.77. The third-order valence-corrected chi connectivity index (χ3v) is 5.79. The summed E-state index contributed by atoms with van der Waals surface area (Å²) < 4.78 is 16.3. The van der Waals surface area contributed by atoms with E-state index in [0.29, 0.717) is 39.4 Å². The van der Waals surface area contributed by atoms with Crippen molar-refractivity contribution in [3.63, 3.8) is 0 Å². The fraction of sp³-hybridized carbons (Fsp3) is 0.296. The molecule has 0 radical (unpaired) electrons. The summed E-state index contributed by atoms with van der Waals surface area (Å²) in [6, 6.07) is 12.5. The Balaban J connectivity index is 1.74. The fourth-order valence-electron chi connectivity index (χ4n) is 3.63. The van der Waals surface area contributed by atoms with Gasteiger partial charge in [0.1, 0.15) is 11.5 Å². The molecular formula is C27H27N3O5. The number of nitrogens with one attached hydrogen (secondary N) is 1. The molecule has 180 valence electrons. The van der Waals surface area contributed by atoms with Crippen LogP contribution in [0, 0.1) is 11.8 Å². The van der Waals surface area contributed by atoms with Crippen LogP contribution in [0.15, 0.2) is 54.4 Å². The van der Waals surface area contributed by atoms with E-state index >= 15 is 0 Å². The molecule has 0 aliphatic carbocycles. The van der Waals surface area contributed by atoms with Gasteiger partial charge in [0.15, 0.2) is 17.1 Å². The summed E-state index contributed by atoms with van der Waals surface area (Å²) in [4.78, 5) is 21.8. The van der Waals surface area contributed by atoms with Crippen molar-refractivity contribution in [3.05, 3.63) is 65.7 Å². The van der Waals surface area contributed by atoms with Gasteiger partial charge in [-0.3, -0.25) is 0 Å². The minimum atomic E-state index is -1.48. The number of benzene rings is 2. The Morgan fingerprint density at radius 1 is 1.26 bits per heavy atom. The zero-order chi connectivity index (χ0) is 25.2. The molecule has 0 amide bonds. The Hall–Kier alpha value is -4.09. The Bertz CT molecular complexity index is 1390. The molecule has 0 saturated heterocycles. The van der Waals surface area contributed by atoms with Crippen LogP contribution in [-0.2, 0) is 9.47 Å². The monoisotopic (exact) mass is 473 g/mol. The van der Waals surface area contributed by atoms with Crippen LogP contribution in [0.25, 0.3) is 22.3 Å². The summed E-state index contributed by atoms with van der Waals surface area (Å²) in [5, 5.41) is 14.6. The van der Waals surface area contributed by atoms with E-state index in [1.54, 1.807) is 65.3 Å². The number of carbonyl (C=O) groups is 1. The second-order valence-corrected chi connectivity index (χ2v) is 8.44. The molecule has 2 heterocycles. The van der Waals surface area contributed by atoms with Crippen LogP contribution in [0.5, 0.6) is 5.75 Å². The molecule has 0 saturated carbocycles. The molecule has 4 rings (SSSR count). The molecule has 1 unspecified atom stereocenters. The largest absolute Gasteiger partial charge is 0.497 e. The maximum atomic E-state index is 12.6. The second kappa shape index (κ2) is 9.28. The lowest BCUT2D eigenvalue weighted by Gasteiger charge is -2.35. The van der Waals surface area contributed by atoms with Gasteiger partial charge in [0, 0.05) is 28.8 Å². The van der Waals surface area contributed by atoms with E-state index in [1.165, 1.54) is 0 Å². The van der Waals surface area contributed by atoms with Gasteiger partial charge in [-0.2, -0.15) is 0 Å². The molecule has 8 heteroatoms. The average Bonchev–Trinajstić information content (AvgIpc) is 3.22. The van der Waals surface area contributed by atoms with Crippen LogP contribution >= 0.6 is 0 Å². The van der Waals surface area contributed by atoms with Gasteiger partial charge >= 0.3 is 5.97 Å². The lowest BCUT2D eigenvalue weighted by atomic mass is 9.94. The smallest absolute Gasteiger partial charge is 0.357 e. The molecule has 3 aromatic rings. The van der Waals surface area contributed by atoms with Crippen LogP contribution in [0.1, 0.15) is 43.7 Å². The Morgan fingerprint density at radius 2 is 2.06 bits per heavy atom. The van der Waals surface area contributed by atoms with Crippen molar-refractivity contribution >= 4 is 16.9 Å². The van der Waals surface area contributed by atoms with Crippen LogP contribution in [0.2, 0.25) is 0 Å². The van der Waals surface area contributed by atoms with E-state index in [0.717, 1.165) is 0 Å². The van der Waals surface area contributed by atoms with Crippen molar-refractivity contribution in [2.45, 2.75) is 39.0 Å². The van der Waals surface area contributed by atoms with Gasteiger partial charge in [0.05, 0.1) is 19.2 Å². The lowest BCUT2D eigenvalue weighted by molar-refractivity contribution is -0.110. The van der Waals surface area contributed by atoms with E-state index in [4.69, 9.17) is 14.2 Å². The highest BCUT2D eigenvalue weighted by Crippen LogP contribution is 2.30. The number of carbonyl (C=O) groups excluding carboxylic acids is 1. The molecule has 1 aliphatic rings. The van der Waals surface area contributed by atoms with E-state index in [-0.39, 0.29) is 12.3 Å². The molecule has 1 aliphatic heterocycles. The maximum Gasteiger partial charge on any atom is 0.357 e. The molecule has 35 heavy (non-hydrogen) atoms. The van der Waals surface area contributed by atoms with E-state index in [2.05, 4.69) is 27.1 Å². The highest BCUT2D eigenvalue weighted by molar-refractivity contribution is 6.02. The van der Waals surface area contributed by atoms with Gasteiger partial charge in [-0.15, -0.1) is 0 Å². The summed E-state index contributed by atoms with van der Waals surface area (Å²) in [6.07, 6.45) is 1.70. The van der Waals surface area contributed by atoms with Gasteiger partial charge in [-0.25, -0.2) is 14.8 Å². The first-order chi connectivity index (χ1) is 16.7. The predicted molar refractivity (Wildman–Crippen MR) is 131 cm³/mol. The summed E-state index contributed by atoms with van der Waals surface area (Å²) in [7, 11) is 1.57. The molecule has 0 bridgehead atoms. The first kappa shape index (κ1) is 24.0. The first-order valence-electron chi connectivity index (χ1n) is 11.2. The number of ether oxygens (including phenoxy) is 3. The topological polar surface area (TPSA) is 103 Å². The first-order valence-corrected chi connectivity index (χ1v) is 11.2. The van der Waals surface area contributed by atoms with Crippen molar-refractivity contribution in [1.29, 1.82) is 0 Å². The second-order valence-electron chi connectivity index (χ2n) is 8.44. The van der Waals surface area contributed by atoms with Crippen molar-refractivity contribution in [1.82, 2.24) is 15.3 Å². The normalized spacial score (nSPS) is 18.4. The number of hydrogen-bond donors (Lipinski definition) is 2. The third-order valence-electron chi connectivity index (χ3n) is 5.79. The fourth-order valence-corrected chi connectivity index (χ4v) is 3.63. The lowest BCUT2D eigenvalue weighted by Crippen LogP contribution is -2.56. The number of nitrogens with zero attached hydrogens (tertiary/aromatic N) is 2. The number of aromatic nitrogens is 2. The number of rotatable bonds is 5. The Kier molecular flexibility index (Phi) is 6.37. The quantitative estimate of drug-likeness (QED) is 0.426. The van der Waals surface area contributed by atoms with Crippen LogP contribution < -0.4 is 10.1 Å². The predicted octanol–water partition coefficient (Wildman–Crippen LogP) is 3.78. The minimum absolute atomic E-state index is 0.175. The highest BCUT2D eigenvalue weighted by Gasteiger charge is 2.46. The zero-order valence-electron chi connectivity index (χ0n) is 20.3. The summed E-state index contributed by atoms with van der Waals surface area (Å²) in [5.74, 6) is 7.01. The molecule has 2 aromatic carbocycles. The van der Waals surface area contributed by atoms with Crippen LogP contribution in [-0.4, -0.2) is 46.1 Å². The molecule has 0 fully saturated rings. The molecule has 8 nitrogen and oxygen atoms in total. The van der Waals surface area contributed by atoms with Crippen molar-refractivity contribution in [2.75, 3.05) is 13.7 Å². The molecule has 0 spiro atoms. The molecule has 2 N–H and O–H groups in total. The van der Waals surface area contributed by atoms with Gasteiger partial charge in [-0.05, 0) is 52.0 Å². The SMILES string of the molecule is CCOC(=O)c1nc(-c2cccc(C#C[C@](C)(O)C3(C)NC=C(C)O3)c2)nc2cc(OC)ccc12. The minimum Gasteiger partial charge on any atom is -0.497 e. The number of esters is 1. The molecule has 2 atom stereocenters. The van der Waals surface area contributed by atoms with Crippen molar-refractivity contribution in [2.24, 2.45) is 0 Å². The Morgan fingerprint density at radius 3 is 2.74 bits per heavy atom. The van der Waals surface area contributed by atoms with Gasteiger partial charge in [0.2, 0.25) is 5.72 Å². The number of fused-ring (bicyclic) bond motifs is 1. The van der Waals surface area contributed by atoms with Crippen molar-refractivity contribution < 1.29 is 24.1 Å². The summed E-state index contributed by atoms with van der Waals surface area (Å²) >= 11 is 0. The standard InChI is InChI=1S/C27H27N3O5/c1-6-34-25(31)23-21-11-10-20(33-5)15-22(21)29-24(30-23)19-9-7-8-18(14-19)12-13-26(3,32)27(4)28-16-17(2)35-27/h7-11,14-16,28,32H,6H2,1-5H3/t26-,27?/m0/s1. The van der Waals surface area contributed by atoms with Crippen LogP contribution in [0.4, 0.5) is 0 Å². The number of hydrogen-bond acceptors (Lipinski definition) is 8. The van der Waals surface area contributed by atoms with Crippen LogP contribution in [0.3, 0.4) is 0 Å². The van der Waals surface area contributed by atoms with Gasteiger partial charge in [-0.1, -0.05) is 24.0 Å². The summed E-state index contributed by atoms with van der Waals surface area (Å²) in [6.45, 7) is 7.10. The highest BCUT2D eigenvalue weighted by atomic mass is 16.5. The van der Waals surface area contributed by atoms with Gasteiger partial charge in [0.25, 0.3) is 0 Å². The number of aliphatic hydroxyl groups is 1. The summed E-state index contributed by atoms with van der Waals surface area (Å²) in [5.41, 5.74) is -0.529. The van der Waals surface area contributed by atoms with E-state index in [9.17, 15) is 9.90 Å². The van der Waals surface area contributed by atoms with E-state index in [1.807, 2.05) is 18.2 Å². The van der Waals surface area contributed by atoms with Crippen molar-refractivity contribution in [3.8, 4) is 29.0 Å². The van der Waals surface area contributed by atoms with E-state index < -0.39 is 17.3 Å². The average molecular weight is 474 g/mol. The maximum absolute atomic E-state index is 12.6. The zero-order valence-corrected chi connectivity index (χ0v) is 20.3. The number of methoxy groups -OCH3 is 1.